The molecule has 0 aliphatic heterocycles. The predicted molar refractivity (Wildman–Crippen MR) is 86.9 cm³/mol. The fourth-order valence-corrected chi connectivity index (χ4v) is 2.73. The van der Waals surface area contributed by atoms with E-state index in [1.807, 2.05) is 0 Å². The Morgan fingerprint density at radius 3 is 2.61 bits per heavy atom. The van der Waals surface area contributed by atoms with Gasteiger partial charge in [0, 0.05) is 17.0 Å². The molecule has 1 unspecified atom stereocenters. The number of carbonyl (C=O) groups excluding carboxylic acids is 1. The second-order valence-corrected chi connectivity index (χ2v) is 6.45. The minimum Gasteiger partial charge on any atom is -0.325 e. The van der Waals surface area contributed by atoms with Crippen LogP contribution in [0, 0.1) is 24.4 Å². The van der Waals surface area contributed by atoms with Crippen molar-refractivity contribution in [2.24, 2.45) is 0 Å². The largest absolute Gasteiger partial charge is 0.325 e. The summed E-state index contributed by atoms with van der Waals surface area (Å²) in [6.07, 6.45) is 0. The molecule has 0 saturated heterocycles. The van der Waals surface area contributed by atoms with Gasteiger partial charge in [-0.3, -0.25) is 4.79 Å². The molecule has 2 nitrogen and oxygen atoms in total. The monoisotopic (exact) mass is 339 g/mol. The topological polar surface area (TPSA) is 29.1 Å². The number of carbonyl (C=O) groups is 1. The number of thioether (sulfide) groups is 1. The van der Waals surface area contributed by atoms with Gasteiger partial charge < -0.3 is 5.32 Å². The Morgan fingerprint density at radius 2 is 1.91 bits per heavy atom. The van der Waals surface area contributed by atoms with Gasteiger partial charge in [-0.25, -0.2) is 13.2 Å². The van der Waals surface area contributed by atoms with E-state index >= 15 is 0 Å². The lowest BCUT2D eigenvalue weighted by atomic mass is 10.2. The molecular formula is C17H16F3NOS. The molecule has 0 aromatic heterocycles. The maximum atomic E-state index is 13.6. The van der Waals surface area contributed by atoms with Crippen LogP contribution in [0.15, 0.2) is 36.4 Å². The maximum Gasteiger partial charge on any atom is 0.237 e. The number of hydrogen-bond acceptors (Lipinski definition) is 2. The molecule has 23 heavy (non-hydrogen) atoms. The van der Waals surface area contributed by atoms with Crippen molar-refractivity contribution >= 4 is 23.4 Å². The number of rotatable bonds is 5. The minimum absolute atomic E-state index is 0.167. The van der Waals surface area contributed by atoms with Crippen LogP contribution in [0.1, 0.15) is 18.1 Å². The standard InChI is InChI=1S/C17H16F3NOS/c1-10-6-7-13(8-15(10)19)21-17(22)11(2)23-9-12-4-3-5-14(18)16(12)20/h3-8,11H,9H2,1-2H3,(H,21,22). The number of amides is 1. The Kier molecular flexibility index (Phi) is 5.71. The lowest BCUT2D eigenvalue weighted by Gasteiger charge is -2.13. The van der Waals surface area contributed by atoms with E-state index in [9.17, 15) is 18.0 Å². The van der Waals surface area contributed by atoms with Gasteiger partial charge in [0.15, 0.2) is 11.6 Å². The summed E-state index contributed by atoms with van der Waals surface area (Å²) in [7, 11) is 0. The molecule has 1 amide bonds. The molecule has 0 bridgehead atoms. The highest BCUT2D eigenvalue weighted by atomic mass is 32.2. The first-order chi connectivity index (χ1) is 10.9. The molecule has 0 aliphatic rings. The molecule has 0 fully saturated rings. The number of anilines is 1. The third-order valence-electron chi connectivity index (χ3n) is 3.33. The van der Waals surface area contributed by atoms with Gasteiger partial charge in [-0.15, -0.1) is 11.8 Å². The summed E-state index contributed by atoms with van der Waals surface area (Å²) in [4.78, 5) is 12.1. The van der Waals surface area contributed by atoms with Crippen molar-refractivity contribution in [1.82, 2.24) is 0 Å². The normalized spacial score (nSPS) is 12.0. The third kappa shape index (κ3) is 4.51. The van der Waals surface area contributed by atoms with E-state index in [1.165, 1.54) is 30.0 Å². The maximum absolute atomic E-state index is 13.6. The van der Waals surface area contributed by atoms with Crippen LogP contribution >= 0.6 is 11.8 Å². The molecule has 0 saturated carbocycles. The van der Waals surface area contributed by atoms with Gasteiger partial charge in [-0.05, 0) is 37.6 Å². The average Bonchev–Trinajstić information content (AvgIpc) is 2.52. The average molecular weight is 339 g/mol. The number of hydrogen-bond donors (Lipinski definition) is 1. The van der Waals surface area contributed by atoms with E-state index in [1.54, 1.807) is 26.0 Å². The van der Waals surface area contributed by atoms with Crippen LogP contribution in [-0.4, -0.2) is 11.2 Å². The lowest BCUT2D eigenvalue weighted by molar-refractivity contribution is -0.115. The van der Waals surface area contributed by atoms with E-state index in [0.29, 0.717) is 11.3 Å². The van der Waals surface area contributed by atoms with Gasteiger partial charge in [0.25, 0.3) is 0 Å². The molecule has 2 aromatic carbocycles. The molecule has 0 radical (unpaired) electrons. The second-order valence-electron chi connectivity index (χ2n) is 5.12. The Labute approximate surface area is 137 Å². The van der Waals surface area contributed by atoms with Crippen molar-refractivity contribution in [3.63, 3.8) is 0 Å². The Bertz CT molecular complexity index is 721. The summed E-state index contributed by atoms with van der Waals surface area (Å²) in [6.45, 7) is 3.29. The zero-order valence-corrected chi connectivity index (χ0v) is 13.5. The van der Waals surface area contributed by atoms with Crippen molar-refractivity contribution in [3.8, 4) is 0 Å². The smallest absolute Gasteiger partial charge is 0.237 e. The highest BCUT2D eigenvalue weighted by Gasteiger charge is 2.16. The minimum atomic E-state index is -0.907. The van der Waals surface area contributed by atoms with Crippen LogP contribution in [0.25, 0.3) is 0 Å². The van der Waals surface area contributed by atoms with Crippen LogP contribution in [0.5, 0.6) is 0 Å². The van der Waals surface area contributed by atoms with Crippen molar-refractivity contribution in [3.05, 3.63) is 65.0 Å². The number of halogens is 3. The molecule has 0 heterocycles. The molecule has 6 heteroatoms. The highest BCUT2D eigenvalue weighted by Crippen LogP contribution is 2.22. The van der Waals surface area contributed by atoms with Crippen LogP contribution in [0.4, 0.5) is 18.9 Å². The Hall–Kier alpha value is -1.95. The first-order valence-electron chi connectivity index (χ1n) is 7.00. The van der Waals surface area contributed by atoms with Crippen LogP contribution in [0.2, 0.25) is 0 Å². The summed E-state index contributed by atoms with van der Waals surface area (Å²) in [5.74, 6) is -2.36. The molecule has 2 rings (SSSR count). The summed E-state index contributed by atoms with van der Waals surface area (Å²) >= 11 is 1.17. The first-order valence-corrected chi connectivity index (χ1v) is 8.05. The third-order valence-corrected chi connectivity index (χ3v) is 4.52. The highest BCUT2D eigenvalue weighted by molar-refractivity contribution is 7.99. The Balaban J connectivity index is 1.94. The van der Waals surface area contributed by atoms with E-state index in [-0.39, 0.29) is 17.2 Å². The van der Waals surface area contributed by atoms with Gasteiger partial charge >= 0.3 is 0 Å². The fraction of sp³-hybridized carbons (Fsp3) is 0.235. The van der Waals surface area contributed by atoms with Crippen LogP contribution in [0.3, 0.4) is 0 Å². The van der Waals surface area contributed by atoms with E-state index in [4.69, 9.17) is 0 Å². The molecule has 0 aliphatic carbocycles. The van der Waals surface area contributed by atoms with E-state index in [2.05, 4.69) is 5.32 Å². The van der Waals surface area contributed by atoms with Crippen molar-refractivity contribution in [2.45, 2.75) is 24.9 Å². The van der Waals surface area contributed by atoms with Crippen molar-refractivity contribution < 1.29 is 18.0 Å². The van der Waals surface area contributed by atoms with Crippen LogP contribution in [-0.2, 0) is 10.5 Å². The molecular weight excluding hydrogens is 323 g/mol. The van der Waals surface area contributed by atoms with E-state index < -0.39 is 22.7 Å². The first kappa shape index (κ1) is 17.4. The van der Waals surface area contributed by atoms with Gasteiger partial charge in [-0.1, -0.05) is 18.2 Å². The number of aryl methyl sites for hydroxylation is 1. The van der Waals surface area contributed by atoms with Crippen LogP contribution < -0.4 is 5.32 Å². The summed E-state index contributed by atoms with van der Waals surface area (Å²) < 4.78 is 40.1. The quantitative estimate of drug-likeness (QED) is 0.857. The summed E-state index contributed by atoms with van der Waals surface area (Å²) in [6, 6.07) is 8.38. The number of nitrogens with one attached hydrogen (secondary N) is 1. The van der Waals surface area contributed by atoms with Gasteiger partial charge in [-0.2, -0.15) is 0 Å². The molecule has 1 atom stereocenters. The van der Waals surface area contributed by atoms with Crippen molar-refractivity contribution in [2.75, 3.05) is 5.32 Å². The van der Waals surface area contributed by atoms with Gasteiger partial charge in [0.05, 0.1) is 5.25 Å². The molecule has 1 N–H and O–H groups in total. The van der Waals surface area contributed by atoms with Gasteiger partial charge in [0.1, 0.15) is 5.82 Å². The molecule has 0 spiro atoms. The van der Waals surface area contributed by atoms with Gasteiger partial charge in [0.2, 0.25) is 5.91 Å². The fourth-order valence-electron chi connectivity index (χ4n) is 1.86. The second kappa shape index (κ2) is 7.55. The Morgan fingerprint density at radius 1 is 1.17 bits per heavy atom. The number of benzene rings is 2. The molecule has 122 valence electrons. The molecule has 2 aromatic rings. The SMILES string of the molecule is Cc1ccc(NC(=O)C(C)SCc2cccc(F)c2F)cc1F. The van der Waals surface area contributed by atoms with E-state index in [0.717, 1.165) is 6.07 Å². The van der Waals surface area contributed by atoms with Crippen molar-refractivity contribution in [1.29, 1.82) is 0 Å². The zero-order chi connectivity index (χ0) is 17.0. The summed E-state index contributed by atoms with van der Waals surface area (Å²) in [5.41, 5.74) is 1.06. The zero-order valence-electron chi connectivity index (χ0n) is 12.7. The lowest BCUT2D eigenvalue weighted by Crippen LogP contribution is -2.22. The summed E-state index contributed by atoms with van der Waals surface area (Å²) in [5, 5.41) is 2.11. The predicted octanol–water partition coefficient (Wildman–Crippen LogP) is 4.67.